The smallest absolute Gasteiger partial charge is 0.0316 e. The molecule has 1 aromatic rings. The predicted molar refractivity (Wildman–Crippen MR) is 71.6 cm³/mol. The van der Waals surface area contributed by atoms with Crippen LogP contribution >= 0.6 is 0 Å². The van der Waals surface area contributed by atoms with Crippen molar-refractivity contribution < 1.29 is 0 Å². The van der Waals surface area contributed by atoms with Crippen LogP contribution in [-0.4, -0.2) is 24.5 Å². The van der Waals surface area contributed by atoms with Gasteiger partial charge in [0, 0.05) is 11.7 Å². The second-order valence-corrected chi connectivity index (χ2v) is 4.59. The van der Waals surface area contributed by atoms with Crippen LogP contribution < -0.4 is 5.73 Å². The van der Waals surface area contributed by atoms with E-state index in [1.807, 2.05) is 12.1 Å². The summed E-state index contributed by atoms with van der Waals surface area (Å²) in [5.41, 5.74) is 7.96. The highest BCUT2D eigenvalue weighted by molar-refractivity contribution is 5.40. The maximum absolute atomic E-state index is 5.75. The van der Waals surface area contributed by atoms with E-state index in [-0.39, 0.29) is 0 Å². The van der Waals surface area contributed by atoms with Crippen LogP contribution in [0.5, 0.6) is 0 Å². The van der Waals surface area contributed by atoms with Crippen LogP contribution in [-0.2, 0) is 6.42 Å². The number of benzene rings is 1. The summed E-state index contributed by atoms with van der Waals surface area (Å²) < 4.78 is 0. The van der Waals surface area contributed by atoms with E-state index >= 15 is 0 Å². The van der Waals surface area contributed by atoms with Gasteiger partial charge in [0.15, 0.2) is 0 Å². The molecular formula is C14H24N2. The molecule has 16 heavy (non-hydrogen) atoms. The van der Waals surface area contributed by atoms with Gasteiger partial charge < -0.3 is 10.6 Å². The molecule has 90 valence electrons. The van der Waals surface area contributed by atoms with Crippen LogP contribution in [0.4, 0.5) is 5.69 Å². The molecule has 0 bridgehead atoms. The van der Waals surface area contributed by atoms with Crippen LogP contribution in [0.25, 0.3) is 0 Å². The Morgan fingerprint density at radius 1 is 1.38 bits per heavy atom. The van der Waals surface area contributed by atoms with E-state index in [1.165, 1.54) is 18.4 Å². The van der Waals surface area contributed by atoms with Crippen molar-refractivity contribution in [1.29, 1.82) is 0 Å². The molecule has 2 heteroatoms. The van der Waals surface area contributed by atoms with Gasteiger partial charge in [-0.2, -0.15) is 0 Å². The van der Waals surface area contributed by atoms with Gasteiger partial charge in [-0.25, -0.2) is 0 Å². The van der Waals surface area contributed by atoms with Crippen molar-refractivity contribution in [3.05, 3.63) is 29.8 Å². The molecular weight excluding hydrogens is 196 g/mol. The Morgan fingerprint density at radius 3 is 2.75 bits per heavy atom. The van der Waals surface area contributed by atoms with Gasteiger partial charge in [-0.1, -0.05) is 19.1 Å². The summed E-state index contributed by atoms with van der Waals surface area (Å²) in [4.78, 5) is 2.42. The highest BCUT2D eigenvalue weighted by Crippen LogP contribution is 2.09. The zero-order valence-corrected chi connectivity index (χ0v) is 10.7. The van der Waals surface area contributed by atoms with Crippen LogP contribution in [0, 0.1) is 0 Å². The molecule has 0 spiro atoms. The number of nitrogen functional groups attached to an aromatic ring is 1. The Kier molecular flexibility index (Phi) is 5.33. The third kappa shape index (κ3) is 4.23. The lowest BCUT2D eigenvalue weighted by Gasteiger charge is -2.23. The fourth-order valence-corrected chi connectivity index (χ4v) is 1.81. The minimum absolute atomic E-state index is 0.681. The summed E-state index contributed by atoms with van der Waals surface area (Å²) in [6.07, 6.45) is 3.53. The van der Waals surface area contributed by atoms with E-state index in [4.69, 9.17) is 5.73 Å². The molecule has 2 N–H and O–H groups in total. The van der Waals surface area contributed by atoms with E-state index in [2.05, 4.69) is 37.9 Å². The summed E-state index contributed by atoms with van der Waals surface area (Å²) in [7, 11) is 2.20. The topological polar surface area (TPSA) is 29.3 Å². The zero-order valence-electron chi connectivity index (χ0n) is 10.7. The Bertz CT molecular complexity index is 309. The van der Waals surface area contributed by atoms with Crippen LogP contribution in [0.1, 0.15) is 32.3 Å². The second-order valence-electron chi connectivity index (χ2n) is 4.59. The number of hydrogen-bond donors (Lipinski definition) is 1. The van der Waals surface area contributed by atoms with Gasteiger partial charge in [0.2, 0.25) is 0 Å². The van der Waals surface area contributed by atoms with Gasteiger partial charge in [0.1, 0.15) is 0 Å². The Morgan fingerprint density at radius 2 is 2.12 bits per heavy atom. The molecule has 0 aliphatic rings. The molecule has 2 nitrogen and oxygen atoms in total. The first-order valence-electron chi connectivity index (χ1n) is 6.18. The summed E-state index contributed by atoms with van der Waals surface area (Å²) >= 11 is 0. The second kappa shape index (κ2) is 6.54. The summed E-state index contributed by atoms with van der Waals surface area (Å²) in [5.74, 6) is 0. The van der Waals surface area contributed by atoms with Crippen molar-refractivity contribution in [3.63, 3.8) is 0 Å². The fraction of sp³-hybridized carbons (Fsp3) is 0.571. The normalized spacial score (nSPS) is 13.0. The largest absolute Gasteiger partial charge is 0.399 e. The SMILES string of the molecule is CCC(C)N(C)CCCc1cccc(N)c1. The molecule has 0 aliphatic heterocycles. The molecule has 0 aromatic heterocycles. The lowest BCUT2D eigenvalue weighted by atomic mass is 10.1. The summed E-state index contributed by atoms with van der Waals surface area (Å²) in [6, 6.07) is 8.88. The van der Waals surface area contributed by atoms with Gasteiger partial charge in [0.25, 0.3) is 0 Å². The molecule has 1 aromatic carbocycles. The standard InChI is InChI=1S/C14H24N2/c1-4-12(2)16(3)10-6-8-13-7-5-9-14(15)11-13/h5,7,9,11-12H,4,6,8,10,15H2,1-3H3. The first-order chi connectivity index (χ1) is 7.63. The predicted octanol–water partition coefficient (Wildman–Crippen LogP) is 2.93. The monoisotopic (exact) mass is 220 g/mol. The zero-order chi connectivity index (χ0) is 12.0. The maximum Gasteiger partial charge on any atom is 0.0316 e. The lowest BCUT2D eigenvalue weighted by Crippen LogP contribution is -2.29. The molecule has 0 radical (unpaired) electrons. The highest BCUT2D eigenvalue weighted by Gasteiger charge is 2.05. The number of aryl methyl sites for hydroxylation is 1. The molecule has 0 saturated carbocycles. The maximum atomic E-state index is 5.75. The number of hydrogen-bond acceptors (Lipinski definition) is 2. The van der Waals surface area contributed by atoms with E-state index in [9.17, 15) is 0 Å². The fourth-order valence-electron chi connectivity index (χ4n) is 1.81. The molecule has 0 aliphatic carbocycles. The molecule has 0 heterocycles. The highest BCUT2D eigenvalue weighted by atomic mass is 15.1. The van der Waals surface area contributed by atoms with Crippen molar-refractivity contribution in [2.75, 3.05) is 19.3 Å². The van der Waals surface area contributed by atoms with Crippen molar-refractivity contribution >= 4 is 5.69 Å². The van der Waals surface area contributed by atoms with E-state index in [0.717, 1.165) is 18.7 Å². The van der Waals surface area contributed by atoms with E-state index in [0.29, 0.717) is 6.04 Å². The van der Waals surface area contributed by atoms with Crippen molar-refractivity contribution in [1.82, 2.24) is 4.90 Å². The third-order valence-electron chi connectivity index (χ3n) is 3.27. The van der Waals surface area contributed by atoms with Gasteiger partial charge in [-0.05, 0) is 57.5 Å². The van der Waals surface area contributed by atoms with Gasteiger partial charge >= 0.3 is 0 Å². The molecule has 0 fully saturated rings. The van der Waals surface area contributed by atoms with Crippen molar-refractivity contribution in [2.24, 2.45) is 0 Å². The Labute approximate surface area is 99.5 Å². The number of rotatable bonds is 6. The van der Waals surface area contributed by atoms with Gasteiger partial charge in [0.05, 0.1) is 0 Å². The molecule has 1 rings (SSSR count). The number of nitrogens with zero attached hydrogens (tertiary/aromatic N) is 1. The first-order valence-corrected chi connectivity index (χ1v) is 6.18. The minimum atomic E-state index is 0.681. The van der Waals surface area contributed by atoms with E-state index in [1.54, 1.807) is 0 Å². The van der Waals surface area contributed by atoms with Crippen LogP contribution in [0.15, 0.2) is 24.3 Å². The van der Waals surface area contributed by atoms with Crippen molar-refractivity contribution in [3.8, 4) is 0 Å². The van der Waals surface area contributed by atoms with Crippen LogP contribution in [0.2, 0.25) is 0 Å². The molecule has 0 saturated heterocycles. The quantitative estimate of drug-likeness (QED) is 0.747. The number of anilines is 1. The van der Waals surface area contributed by atoms with Gasteiger partial charge in [-0.3, -0.25) is 0 Å². The first kappa shape index (κ1) is 13.0. The summed E-state index contributed by atoms with van der Waals surface area (Å²) in [6.45, 7) is 5.67. The average Bonchev–Trinajstić information content (AvgIpc) is 2.28. The van der Waals surface area contributed by atoms with Gasteiger partial charge in [-0.15, -0.1) is 0 Å². The molecule has 0 amide bonds. The minimum Gasteiger partial charge on any atom is -0.399 e. The Balaban J connectivity index is 2.30. The van der Waals surface area contributed by atoms with Crippen LogP contribution in [0.3, 0.4) is 0 Å². The molecule has 1 atom stereocenters. The number of nitrogens with two attached hydrogens (primary N) is 1. The Hall–Kier alpha value is -1.02. The molecule has 1 unspecified atom stereocenters. The third-order valence-corrected chi connectivity index (χ3v) is 3.27. The summed E-state index contributed by atoms with van der Waals surface area (Å²) in [5, 5.41) is 0. The average molecular weight is 220 g/mol. The lowest BCUT2D eigenvalue weighted by molar-refractivity contribution is 0.249. The van der Waals surface area contributed by atoms with Crippen molar-refractivity contribution in [2.45, 2.75) is 39.2 Å². The van der Waals surface area contributed by atoms with E-state index < -0.39 is 0 Å².